The molecule has 166 valence electrons. The maximum absolute atomic E-state index is 13.0. The molecule has 0 bridgehead atoms. The SMILES string of the molecule is COc1ccc(-c2nn(-c3ccccc3)cc2C(=O)NNC(=O)c2cccnc2)cc1OC. The summed E-state index contributed by atoms with van der Waals surface area (Å²) in [7, 11) is 3.08. The molecule has 0 fully saturated rings. The molecule has 0 aliphatic heterocycles. The average Bonchev–Trinajstić information content (AvgIpc) is 3.33. The molecule has 0 aliphatic carbocycles. The fourth-order valence-electron chi connectivity index (χ4n) is 3.20. The number of amides is 2. The average molecular weight is 443 g/mol. The summed E-state index contributed by atoms with van der Waals surface area (Å²) >= 11 is 0. The van der Waals surface area contributed by atoms with Gasteiger partial charge in [0.25, 0.3) is 11.8 Å². The molecular weight excluding hydrogens is 422 g/mol. The van der Waals surface area contributed by atoms with Crippen LogP contribution in [0.5, 0.6) is 11.5 Å². The number of rotatable bonds is 6. The molecule has 2 aromatic carbocycles. The molecule has 0 saturated heterocycles. The molecule has 2 N–H and O–H groups in total. The molecule has 0 radical (unpaired) electrons. The number of hydrogen-bond donors (Lipinski definition) is 2. The minimum Gasteiger partial charge on any atom is -0.493 e. The van der Waals surface area contributed by atoms with Crippen LogP contribution in [0, 0.1) is 0 Å². The Bertz CT molecular complexity index is 1270. The van der Waals surface area contributed by atoms with Crippen molar-refractivity contribution in [3.05, 3.63) is 90.4 Å². The largest absolute Gasteiger partial charge is 0.493 e. The summed E-state index contributed by atoms with van der Waals surface area (Å²) in [4.78, 5) is 29.2. The Labute approximate surface area is 190 Å². The van der Waals surface area contributed by atoms with Crippen LogP contribution in [0.15, 0.2) is 79.3 Å². The van der Waals surface area contributed by atoms with E-state index in [9.17, 15) is 9.59 Å². The molecule has 9 heteroatoms. The lowest BCUT2D eigenvalue weighted by molar-refractivity contribution is 0.0847. The first-order chi connectivity index (χ1) is 16.1. The van der Waals surface area contributed by atoms with E-state index in [1.165, 1.54) is 13.3 Å². The van der Waals surface area contributed by atoms with Gasteiger partial charge < -0.3 is 9.47 Å². The van der Waals surface area contributed by atoms with Crippen LogP contribution in [0.25, 0.3) is 16.9 Å². The molecule has 0 atom stereocenters. The van der Waals surface area contributed by atoms with E-state index in [1.54, 1.807) is 54.5 Å². The van der Waals surface area contributed by atoms with Crippen LogP contribution in [0.2, 0.25) is 0 Å². The van der Waals surface area contributed by atoms with Crippen molar-refractivity contribution in [3.63, 3.8) is 0 Å². The van der Waals surface area contributed by atoms with Crippen molar-refractivity contribution < 1.29 is 19.1 Å². The molecular formula is C24H21N5O4. The van der Waals surface area contributed by atoms with Gasteiger partial charge in [-0.1, -0.05) is 18.2 Å². The van der Waals surface area contributed by atoms with Gasteiger partial charge in [0.1, 0.15) is 5.69 Å². The van der Waals surface area contributed by atoms with Gasteiger partial charge in [0, 0.05) is 24.2 Å². The number of pyridine rings is 1. The van der Waals surface area contributed by atoms with Gasteiger partial charge in [-0.05, 0) is 42.5 Å². The third kappa shape index (κ3) is 4.67. The van der Waals surface area contributed by atoms with Crippen LogP contribution in [-0.2, 0) is 0 Å². The zero-order valence-corrected chi connectivity index (χ0v) is 18.0. The molecule has 0 spiro atoms. The number of para-hydroxylation sites is 1. The third-order valence-corrected chi connectivity index (χ3v) is 4.85. The number of hydrazine groups is 1. The Morgan fingerprint density at radius 1 is 0.879 bits per heavy atom. The summed E-state index contributed by atoms with van der Waals surface area (Å²) in [6.07, 6.45) is 4.57. The van der Waals surface area contributed by atoms with Crippen LogP contribution in [0.1, 0.15) is 20.7 Å². The first-order valence-corrected chi connectivity index (χ1v) is 9.99. The van der Waals surface area contributed by atoms with Gasteiger partial charge in [-0.3, -0.25) is 25.4 Å². The molecule has 0 saturated carbocycles. The Morgan fingerprint density at radius 3 is 2.33 bits per heavy atom. The smallest absolute Gasteiger partial charge is 0.273 e. The van der Waals surface area contributed by atoms with Crippen molar-refractivity contribution in [2.24, 2.45) is 0 Å². The number of ether oxygens (including phenoxy) is 2. The summed E-state index contributed by atoms with van der Waals surface area (Å²) in [6.45, 7) is 0. The summed E-state index contributed by atoms with van der Waals surface area (Å²) in [5.74, 6) is 0.0396. The van der Waals surface area contributed by atoms with Crippen LogP contribution >= 0.6 is 0 Å². The van der Waals surface area contributed by atoms with Crippen molar-refractivity contribution in [1.29, 1.82) is 0 Å². The van der Waals surface area contributed by atoms with Crippen molar-refractivity contribution in [1.82, 2.24) is 25.6 Å². The molecule has 2 amide bonds. The van der Waals surface area contributed by atoms with Crippen LogP contribution in [-0.4, -0.2) is 40.8 Å². The predicted molar refractivity (Wildman–Crippen MR) is 121 cm³/mol. The highest BCUT2D eigenvalue weighted by atomic mass is 16.5. The molecule has 0 unspecified atom stereocenters. The maximum atomic E-state index is 13.0. The first-order valence-electron chi connectivity index (χ1n) is 9.99. The fourth-order valence-corrected chi connectivity index (χ4v) is 3.20. The monoisotopic (exact) mass is 443 g/mol. The zero-order valence-electron chi connectivity index (χ0n) is 18.0. The van der Waals surface area contributed by atoms with Gasteiger partial charge >= 0.3 is 0 Å². The summed E-state index contributed by atoms with van der Waals surface area (Å²) < 4.78 is 12.3. The van der Waals surface area contributed by atoms with E-state index in [-0.39, 0.29) is 5.56 Å². The lowest BCUT2D eigenvalue weighted by atomic mass is 10.1. The number of hydrogen-bond acceptors (Lipinski definition) is 6. The van der Waals surface area contributed by atoms with E-state index in [1.807, 2.05) is 30.3 Å². The second-order valence-electron chi connectivity index (χ2n) is 6.89. The standard InChI is InChI=1S/C24H21N5O4/c1-32-20-11-10-16(13-21(20)33-2)22-19(15-29(28-22)18-8-4-3-5-9-18)24(31)27-26-23(30)17-7-6-12-25-14-17/h3-15H,1-2H3,(H,26,30)(H,27,31). The highest BCUT2D eigenvalue weighted by Crippen LogP contribution is 2.33. The molecule has 9 nitrogen and oxygen atoms in total. The van der Waals surface area contributed by atoms with Gasteiger partial charge in [-0.15, -0.1) is 0 Å². The molecule has 4 aromatic rings. The molecule has 33 heavy (non-hydrogen) atoms. The minimum atomic E-state index is -0.529. The van der Waals surface area contributed by atoms with E-state index in [2.05, 4.69) is 20.9 Å². The van der Waals surface area contributed by atoms with Gasteiger partial charge in [0.15, 0.2) is 11.5 Å². The van der Waals surface area contributed by atoms with Crippen molar-refractivity contribution >= 4 is 11.8 Å². The van der Waals surface area contributed by atoms with Crippen molar-refractivity contribution in [2.45, 2.75) is 0 Å². The fraction of sp³-hybridized carbons (Fsp3) is 0.0833. The van der Waals surface area contributed by atoms with Gasteiger partial charge in [0.2, 0.25) is 0 Å². The molecule has 0 aliphatic rings. The van der Waals surface area contributed by atoms with Crippen LogP contribution in [0.3, 0.4) is 0 Å². The number of carbonyl (C=O) groups is 2. The van der Waals surface area contributed by atoms with Gasteiger partial charge in [-0.2, -0.15) is 5.10 Å². The number of nitrogens with one attached hydrogen (secondary N) is 2. The highest BCUT2D eigenvalue weighted by Gasteiger charge is 2.21. The van der Waals surface area contributed by atoms with Crippen molar-refractivity contribution in [3.8, 4) is 28.4 Å². The predicted octanol–water partition coefficient (Wildman–Crippen LogP) is 3.03. The Hall–Kier alpha value is -4.66. The number of methoxy groups -OCH3 is 2. The topological polar surface area (TPSA) is 107 Å². The lowest BCUT2D eigenvalue weighted by Crippen LogP contribution is -2.41. The summed E-state index contributed by atoms with van der Waals surface area (Å²) in [6, 6.07) is 17.9. The first kappa shape index (κ1) is 21.6. The Balaban J connectivity index is 1.68. The van der Waals surface area contributed by atoms with E-state index < -0.39 is 11.8 Å². The number of aromatic nitrogens is 3. The van der Waals surface area contributed by atoms with E-state index >= 15 is 0 Å². The second-order valence-corrected chi connectivity index (χ2v) is 6.89. The summed E-state index contributed by atoms with van der Waals surface area (Å²) in [5.41, 5.74) is 7.26. The number of carbonyl (C=O) groups excluding carboxylic acids is 2. The number of nitrogens with zero attached hydrogens (tertiary/aromatic N) is 3. The maximum Gasteiger partial charge on any atom is 0.273 e. The van der Waals surface area contributed by atoms with E-state index in [0.29, 0.717) is 28.3 Å². The quantitative estimate of drug-likeness (QED) is 0.444. The molecule has 4 rings (SSSR count). The van der Waals surface area contributed by atoms with E-state index in [4.69, 9.17) is 9.47 Å². The second kappa shape index (κ2) is 9.65. The van der Waals surface area contributed by atoms with Gasteiger partial charge in [-0.25, -0.2) is 4.68 Å². The summed E-state index contributed by atoms with van der Waals surface area (Å²) in [5, 5.41) is 4.62. The lowest BCUT2D eigenvalue weighted by Gasteiger charge is -2.10. The van der Waals surface area contributed by atoms with Crippen LogP contribution in [0.4, 0.5) is 0 Å². The van der Waals surface area contributed by atoms with E-state index in [0.717, 1.165) is 5.69 Å². The van der Waals surface area contributed by atoms with Crippen LogP contribution < -0.4 is 20.3 Å². The minimum absolute atomic E-state index is 0.262. The molecule has 2 aromatic heterocycles. The molecule has 2 heterocycles. The normalized spacial score (nSPS) is 10.4. The highest BCUT2D eigenvalue weighted by molar-refractivity contribution is 6.02. The Kier molecular flexibility index (Phi) is 6.31. The Morgan fingerprint density at radius 2 is 1.64 bits per heavy atom. The number of benzene rings is 2. The van der Waals surface area contributed by atoms with Gasteiger partial charge in [0.05, 0.1) is 31.0 Å². The zero-order chi connectivity index (χ0) is 23.2. The third-order valence-electron chi connectivity index (χ3n) is 4.85. The van der Waals surface area contributed by atoms with Crippen molar-refractivity contribution in [2.75, 3.05) is 14.2 Å².